The van der Waals surface area contributed by atoms with Gasteiger partial charge in [0.2, 0.25) is 0 Å². The highest BCUT2D eigenvalue weighted by molar-refractivity contribution is 5.99. The van der Waals surface area contributed by atoms with Crippen molar-refractivity contribution in [1.29, 1.82) is 0 Å². The first-order chi connectivity index (χ1) is 12.7. The van der Waals surface area contributed by atoms with Gasteiger partial charge in [-0.25, -0.2) is 5.43 Å². The van der Waals surface area contributed by atoms with Crippen molar-refractivity contribution >= 4 is 28.9 Å². The normalized spacial score (nSPS) is 10.8. The maximum absolute atomic E-state index is 11.7. The minimum atomic E-state index is -0.422. The van der Waals surface area contributed by atoms with Crippen LogP contribution in [-0.4, -0.2) is 36.2 Å². The highest BCUT2D eigenvalue weighted by atomic mass is 16.5. The Morgan fingerprint density at radius 1 is 1.04 bits per heavy atom. The van der Waals surface area contributed by atoms with Crippen LogP contribution in [0, 0.1) is 0 Å². The average Bonchev–Trinajstić information content (AvgIpc) is 3.09. The Hall–Kier alpha value is -3.61. The lowest BCUT2D eigenvalue weighted by Gasteiger charge is -2.06. The molecule has 0 fully saturated rings. The SMILES string of the molecule is O=C(COc1ccccc1)NCC(=O)N/N=C/c1c[nH]c2ccccc12. The molecule has 26 heavy (non-hydrogen) atoms. The summed E-state index contributed by atoms with van der Waals surface area (Å²) in [6.45, 7) is -0.335. The molecule has 1 aromatic heterocycles. The van der Waals surface area contributed by atoms with Gasteiger partial charge in [0.1, 0.15) is 5.75 Å². The maximum Gasteiger partial charge on any atom is 0.259 e. The van der Waals surface area contributed by atoms with E-state index in [2.05, 4.69) is 20.8 Å². The van der Waals surface area contributed by atoms with Gasteiger partial charge in [-0.1, -0.05) is 36.4 Å². The van der Waals surface area contributed by atoms with Gasteiger partial charge in [-0.15, -0.1) is 0 Å². The smallest absolute Gasteiger partial charge is 0.259 e. The zero-order valence-electron chi connectivity index (χ0n) is 13.9. The zero-order chi connectivity index (χ0) is 18.2. The number of rotatable bonds is 7. The molecule has 0 aliphatic carbocycles. The molecule has 0 saturated heterocycles. The first-order valence-electron chi connectivity index (χ1n) is 8.05. The fourth-order valence-corrected chi connectivity index (χ4v) is 2.31. The van der Waals surface area contributed by atoms with Crippen molar-refractivity contribution in [1.82, 2.24) is 15.7 Å². The summed E-state index contributed by atoms with van der Waals surface area (Å²) in [4.78, 5) is 26.5. The maximum atomic E-state index is 11.7. The van der Waals surface area contributed by atoms with Gasteiger partial charge < -0.3 is 15.0 Å². The number of carbonyl (C=O) groups excluding carboxylic acids is 2. The highest BCUT2D eigenvalue weighted by Crippen LogP contribution is 2.15. The number of hydrogen-bond acceptors (Lipinski definition) is 4. The van der Waals surface area contributed by atoms with E-state index in [0.717, 1.165) is 16.5 Å². The van der Waals surface area contributed by atoms with Crippen molar-refractivity contribution in [3.05, 3.63) is 66.4 Å². The molecule has 0 spiro atoms. The van der Waals surface area contributed by atoms with Gasteiger partial charge in [0.05, 0.1) is 12.8 Å². The molecular weight excluding hydrogens is 332 g/mol. The molecule has 0 unspecified atom stereocenters. The molecule has 3 N–H and O–H groups in total. The van der Waals surface area contributed by atoms with Crippen molar-refractivity contribution < 1.29 is 14.3 Å². The first-order valence-corrected chi connectivity index (χ1v) is 8.05. The molecule has 0 atom stereocenters. The number of aromatic nitrogens is 1. The van der Waals surface area contributed by atoms with Crippen LogP contribution in [0.3, 0.4) is 0 Å². The van der Waals surface area contributed by atoms with E-state index >= 15 is 0 Å². The number of benzene rings is 2. The Labute approximate surface area is 150 Å². The Kier molecular flexibility index (Phi) is 5.61. The predicted molar refractivity (Wildman–Crippen MR) is 99.0 cm³/mol. The van der Waals surface area contributed by atoms with Crippen LogP contribution >= 0.6 is 0 Å². The minimum Gasteiger partial charge on any atom is -0.484 e. The Balaban J connectivity index is 1.40. The summed E-state index contributed by atoms with van der Waals surface area (Å²) >= 11 is 0. The molecule has 0 aliphatic heterocycles. The van der Waals surface area contributed by atoms with Crippen LogP contribution < -0.4 is 15.5 Å². The molecule has 0 aliphatic rings. The van der Waals surface area contributed by atoms with Gasteiger partial charge >= 0.3 is 0 Å². The standard InChI is InChI=1S/C19H18N4O3/c24-18(12-21-19(25)13-26-15-6-2-1-3-7-15)23-22-11-14-10-20-17-9-5-4-8-16(14)17/h1-11,20H,12-13H2,(H,21,25)(H,23,24)/b22-11+. The number of amides is 2. The van der Waals surface area contributed by atoms with Crippen molar-refractivity contribution in [3.8, 4) is 5.75 Å². The first kappa shape index (κ1) is 17.2. The average molecular weight is 350 g/mol. The number of nitrogens with one attached hydrogen (secondary N) is 3. The number of nitrogens with zero attached hydrogens (tertiary/aromatic N) is 1. The topological polar surface area (TPSA) is 95.6 Å². The summed E-state index contributed by atoms with van der Waals surface area (Å²) in [5.74, 6) is -0.214. The number of ether oxygens (including phenoxy) is 1. The molecule has 0 radical (unpaired) electrons. The number of hydrazone groups is 1. The van der Waals surface area contributed by atoms with E-state index in [-0.39, 0.29) is 19.1 Å². The van der Waals surface area contributed by atoms with Crippen LogP contribution in [0.25, 0.3) is 10.9 Å². The number of para-hydroxylation sites is 2. The molecule has 7 heteroatoms. The number of carbonyl (C=O) groups is 2. The number of aromatic amines is 1. The molecule has 1 heterocycles. The second-order valence-electron chi connectivity index (χ2n) is 5.46. The van der Waals surface area contributed by atoms with Crippen LogP contribution in [-0.2, 0) is 9.59 Å². The van der Waals surface area contributed by atoms with Gasteiger partial charge in [-0.2, -0.15) is 5.10 Å². The van der Waals surface area contributed by atoms with Crippen LogP contribution in [0.5, 0.6) is 5.75 Å². The Morgan fingerprint density at radius 2 is 1.81 bits per heavy atom. The van der Waals surface area contributed by atoms with E-state index < -0.39 is 5.91 Å². The lowest BCUT2D eigenvalue weighted by molar-refractivity contribution is -0.127. The lowest BCUT2D eigenvalue weighted by atomic mass is 10.2. The van der Waals surface area contributed by atoms with Crippen molar-refractivity contribution in [2.75, 3.05) is 13.2 Å². The van der Waals surface area contributed by atoms with Gasteiger partial charge in [-0.3, -0.25) is 9.59 Å². The highest BCUT2D eigenvalue weighted by Gasteiger charge is 2.06. The molecule has 0 bridgehead atoms. The number of hydrogen-bond donors (Lipinski definition) is 3. The van der Waals surface area contributed by atoms with E-state index in [1.54, 1.807) is 18.3 Å². The Morgan fingerprint density at radius 3 is 2.65 bits per heavy atom. The lowest BCUT2D eigenvalue weighted by Crippen LogP contribution is -2.37. The fraction of sp³-hybridized carbons (Fsp3) is 0.105. The molecule has 3 aromatic rings. The molecule has 132 valence electrons. The van der Waals surface area contributed by atoms with Crippen molar-refractivity contribution in [2.45, 2.75) is 0 Å². The molecular formula is C19H18N4O3. The third kappa shape index (κ3) is 4.70. The van der Waals surface area contributed by atoms with Crippen molar-refractivity contribution in [2.24, 2.45) is 5.10 Å². The second-order valence-corrected chi connectivity index (χ2v) is 5.46. The second kappa shape index (κ2) is 8.48. The molecule has 0 saturated carbocycles. The summed E-state index contributed by atoms with van der Waals surface area (Å²) in [5, 5.41) is 7.39. The van der Waals surface area contributed by atoms with Gasteiger partial charge in [0, 0.05) is 22.7 Å². The molecule has 3 rings (SSSR count). The summed E-state index contributed by atoms with van der Waals surface area (Å²) in [5.41, 5.74) is 4.23. The summed E-state index contributed by atoms with van der Waals surface area (Å²) in [6.07, 6.45) is 3.36. The van der Waals surface area contributed by atoms with E-state index in [1.807, 2.05) is 48.7 Å². The van der Waals surface area contributed by atoms with Crippen LogP contribution in [0.2, 0.25) is 0 Å². The molecule has 7 nitrogen and oxygen atoms in total. The van der Waals surface area contributed by atoms with Crippen LogP contribution in [0.1, 0.15) is 5.56 Å². The molecule has 2 aromatic carbocycles. The summed E-state index contributed by atoms with van der Waals surface area (Å²) < 4.78 is 5.29. The number of fused-ring (bicyclic) bond motifs is 1. The summed E-state index contributed by atoms with van der Waals surface area (Å²) in [6, 6.07) is 16.8. The zero-order valence-corrected chi connectivity index (χ0v) is 13.9. The van der Waals surface area contributed by atoms with E-state index in [4.69, 9.17) is 4.74 Å². The van der Waals surface area contributed by atoms with E-state index in [9.17, 15) is 9.59 Å². The summed E-state index contributed by atoms with van der Waals surface area (Å²) in [7, 11) is 0. The minimum absolute atomic E-state index is 0.157. The third-order valence-electron chi connectivity index (χ3n) is 3.57. The van der Waals surface area contributed by atoms with Gasteiger partial charge in [0.15, 0.2) is 6.61 Å². The van der Waals surface area contributed by atoms with Crippen LogP contribution in [0.15, 0.2) is 65.9 Å². The fourth-order valence-electron chi connectivity index (χ4n) is 2.31. The van der Waals surface area contributed by atoms with Gasteiger partial charge in [-0.05, 0) is 18.2 Å². The largest absolute Gasteiger partial charge is 0.484 e. The Bertz CT molecular complexity index is 919. The van der Waals surface area contributed by atoms with Crippen molar-refractivity contribution in [3.63, 3.8) is 0 Å². The quantitative estimate of drug-likeness (QED) is 0.448. The van der Waals surface area contributed by atoms with Crippen LogP contribution in [0.4, 0.5) is 0 Å². The van der Waals surface area contributed by atoms with E-state index in [0.29, 0.717) is 5.75 Å². The molecule has 2 amide bonds. The van der Waals surface area contributed by atoms with E-state index in [1.165, 1.54) is 0 Å². The monoisotopic (exact) mass is 350 g/mol. The number of H-pyrrole nitrogens is 1. The predicted octanol–water partition coefficient (Wildman–Crippen LogP) is 1.81. The third-order valence-corrected chi connectivity index (χ3v) is 3.57. The van der Waals surface area contributed by atoms with Gasteiger partial charge in [0.25, 0.3) is 11.8 Å².